The van der Waals surface area contributed by atoms with Gasteiger partial charge in [-0.2, -0.15) is 0 Å². The number of rotatable bonds is 7. The lowest BCUT2D eigenvalue weighted by molar-refractivity contribution is -0.143. The molecule has 4 heterocycles. The van der Waals surface area contributed by atoms with Gasteiger partial charge in [0.15, 0.2) is 17.3 Å². The monoisotopic (exact) mass is 463 g/mol. The van der Waals surface area contributed by atoms with Crippen LogP contribution < -0.4 is 9.47 Å². The maximum atomic E-state index is 13.1. The van der Waals surface area contributed by atoms with E-state index in [1.807, 2.05) is 29.7 Å². The van der Waals surface area contributed by atoms with Crippen molar-refractivity contribution >= 4 is 23.6 Å². The molecule has 0 spiro atoms. The van der Waals surface area contributed by atoms with E-state index in [0.717, 1.165) is 16.2 Å². The lowest BCUT2D eigenvalue weighted by Crippen LogP contribution is -2.37. The number of nitrogens with zero attached hydrogens (tertiary/aromatic N) is 3. The molecule has 0 aliphatic carbocycles. The van der Waals surface area contributed by atoms with Crippen LogP contribution in [0.4, 0.5) is 4.79 Å². The van der Waals surface area contributed by atoms with Crippen molar-refractivity contribution in [3.8, 4) is 11.5 Å². The molecule has 34 heavy (non-hydrogen) atoms. The second-order valence-corrected chi connectivity index (χ2v) is 8.13. The molecule has 2 aliphatic heterocycles. The number of hydrogen-bond acceptors (Lipinski definition) is 7. The molecule has 0 saturated carbocycles. The first-order valence-corrected chi connectivity index (χ1v) is 10.6. The Kier molecular flexibility index (Phi) is 5.20. The number of aromatic nitrogens is 1. The summed E-state index contributed by atoms with van der Waals surface area (Å²) >= 11 is 0. The van der Waals surface area contributed by atoms with Gasteiger partial charge in [-0.25, -0.2) is 14.6 Å². The first kappa shape index (κ1) is 21.5. The van der Waals surface area contributed by atoms with Crippen molar-refractivity contribution < 1.29 is 33.1 Å². The molecule has 10 nitrogen and oxygen atoms in total. The van der Waals surface area contributed by atoms with Gasteiger partial charge in [0.05, 0.1) is 19.4 Å². The standard InChI is InChI=1S/C24H21N3O7/c1-14-8-18(15(2)25(14)10-16-5-6-20-21(9-16)34-13-33-20)19(28)12-27-23(30)22(29)26(24(27)31)11-17-4-3-7-32-17/h3-9H,10-13H2,1-2H3. The Morgan fingerprint density at radius 3 is 2.47 bits per heavy atom. The van der Waals surface area contributed by atoms with Crippen molar-refractivity contribution in [2.45, 2.75) is 26.9 Å². The van der Waals surface area contributed by atoms with Gasteiger partial charge in [0.2, 0.25) is 6.79 Å². The summed E-state index contributed by atoms with van der Waals surface area (Å²) in [5, 5.41) is 0. The number of carbonyl (C=O) groups excluding carboxylic acids is 4. The number of carbonyl (C=O) groups is 4. The maximum absolute atomic E-state index is 13.1. The molecule has 0 N–H and O–H groups in total. The van der Waals surface area contributed by atoms with Gasteiger partial charge in [-0.1, -0.05) is 6.07 Å². The van der Waals surface area contributed by atoms with E-state index in [1.54, 1.807) is 25.1 Å². The topological polar surface area (TPSA) is 111 Å². The van der Waals surface area contributed by atoms with Crippen LogP contribution in [0.5, 0.6) is 11.5 Å². The third-order valence-corrected chi connectivity index (χ3v) is 5.98. The highest BCUT2D eigenvalue weighted by Gasteiger charge is 2.45. The van der Waals surface area contributed by atoms with Crippen molar-refractivity contribution in [1.29, 1.82) is 0 Å². The average molecular weight is 463 g/mol. The zero-order valence-electron chi connectivity index (χ0n) is 18.6. The third kappa shape index (κ3) is 3.62. The summed E-state index contributed by atoms with van der Waals surface area (Å²) in [6, 6.07) is 9.75. The fourth-order valence-corrected chi connectivity index (χ4v) is 4.16. The highest BCUT2D eigenvalue weighted by molar-refractivity contribution is 6.45. The molecule has 1 aromatic carbocycles. The molecular weight excluding hydrogens is 442 g/mol. The molecule has 0 unspecified atom stereocenters. The second-order valence-electron chi connectivity index (χ2n) is 8.13. The smallest absolute Gasteiger partial charge is 0.335 e. The number of aryl methyl sites for hydroxylation is 1. The highest BCUT2D eigenvalue weighted by Crippen LogP contribution is 2.33. The summed E-state index contributed by atoms with van der Waals surface area (Å²) in [4.78, 5) is 52.0. The number of Topliss-reactive ketones (excluding diaryl/α,β-unsaturated/α-hetero) is 1. The first-order chi connectivity index (χ1) is 16.3. The second kappa shape index (κ2) is 8.22. The number of furan rings is 1. The number of imide groups is 2. The van der Waals surface area contributed by atoms with Crippen molar-refractivity contribution in [3.05, 3.63) is 70.9 Å². The largest absolute Gasteiger partial charge is 0.467 e. The van der Waals surface area contributed by atoms with Crippen molar-refractivity contribution in [2.75, 3.05) is 13.3 Å². The summed E-state index contributed by atoms with van der Waals surface area (Å²) in [6.45, 7) is 3.66. The molecule has 3 aromatic rings. The maximum Gasteiger partial charge on any atom is 0.335 e. The van der Waals surface area contributed by atoms with E-state index in [1.165, 1.54) is 6.26 Å². The molecular formula is C24H21N3O7. The fourth-order valence-electron chi connectivity index (χ4n) is 4.16. The number of hydrogen-bond donors (Lipinski definition) is 0. The Hall–Kier alpha value is -4.34. The van der Waals surface area contributed by atoms with Crippen LogP contribution in [0.1, 0.15) is 33.1 Å². The van der Waals surface area contributed by atoms with Gasteiger partial charge < -0.3 is 18.5 Å². The lowest BCUT2D eigenvalue weighted by Gasteiger charge is -2.14. The molecule has 10 heteroatoms. The lowest BCUT2D eigenvalue weighted by atomic mass is 10.1. The Morgan fingerprint density at radius 1 is 0.941 bits per heavy atom. The Bertz CT molecular complexity index is 1320. The summed E-state index contributed by atoms with van der Waals surface area (Å²) in [5.74, 6) is -0.724. The van der Waals surface area contributed by atoms with Gasteiger partial charge >= 0.3 is 17.8 Å². The average Bonchev–Trinajstić information content (AvgIpc) is 3.59. The van der Waals surface area contributed by atoms with Gasteiger partial charge in [-0.15, -0.1) is 0 Å². The van der Waals surface area contributed by atoms with Crippen molar-refractivity contribution in [3.63, 3.8) is 0 Å². The first-order valence-electron chi connectivity index (χ1n) is 10.6. The van der Waals surface area contributed by atoms with Crippen molar-refractivity contribution in [1.82, 2.24) is 14.4 Å². The number of amides is 4. The van der Waals surface area contributed by atoms with Gasteiger partial charge in [-0.3, -0.25) is 14.4 Å². The molecule has 1 saturated heterocycles. The van der Waals surface area contributed by atoms with E-state index < -0.39 is 30.2 Å². The predicted octanol–water partition coefficient (Wildman–Crippen LogP) is 2.65. The SMILES string of the molecule is Cc1cc(C(=O)CN2C(=O)C(=O)N(Cc3ccco3)C2=O)c(C)n1Cc1ccc2c(c1)OCO2. The number of ketones is 1. The fraction of sp³-hybridized carbons (Fsp3) is 0.250. The van der Waals surface area contributed by atoms with Crippen molar-refractivity contribution in [2.24, 2.45) is 0 Å². The van der Waals surface area contributed by atoms with Crippen LogP contribution in [-0.4, -0.2) is 51.3 Å². The minimum Gasteiger partial charge on any atom is -0.467 e. The Morgan fingerprint density at radius 2 is 1.71 bits per heavy atom. The van der Waals surface area contributed by atoms with Crippen LogP contribution >= 0.6 is 0 Å². The van der Waals surface area contributed by atoms with E-state index >= 15 is 0 Å². The molecule has 0 radical (unpaired) electrons. The van der Waals surface area contributed by atoms with E-state index in [2.05, 4.69) is 0 Å². The summed E-state index contributed by atoms with van der Waals surface area (Å²) in [6.07, 6.45) is 1.41. The molecule has 2 aliphatic rings. The molecule has 174 valence electrons. The van der Waals surface area contributed by atoms with Crippen LogP contribution in [0.3, 0.4) is 0 Å². The van der Waals surface area contributed by atoms with E-state index in [4.69, 9.17) is 13.9 Å². The highest BCUT2D eigenvalue weighted by atomic mass is 16.7. The van der Waals surface area contributed by atoms with Crippen LogP contribution in [0.15, 0.2) is 47.1 Å². The van der Waals surface area contributed by atoms with Crippen LogP contribution in [0.25, 0.3) is 0 Å². The van der Waals surface area contributed by atoms with Gasteiger partial charge in [-0.05, 0) is 49.7 Å². The normalized spacial score (nSPS) is 15.1. The number of urea groups is 1. The summed E-state index contributed by atoms with van der Waals surface area (Å²) in [5.41, 5.74) is 2.89. The quantitative estimate of drug-likeness (QED) is 0.301. The minimum atomic E-state index is -1.03. The van der Waals surface area contributed by atoms with Gasteiger partial charge in [0.1, 0.15) is 5.76 Å². The van der Waals surface area contributed by atoms with Crippen LogP contribution in [0.2, 0.25) is 0 Å². The molecule has 5 rings (SSSR count). The van der Waals surface area contributed by atoms with Gasteiger partial charge in [0, 0.05) is 23.5 Å². The zero-order chi connectivity index (χ0) is 24.0. The molecule has 0 bridgehead atoms. The summed E-state index contributed by atoms with van der Waals surface area (Å²) < 4.78 is 17.9. The molecule has 4 amide bonds. The zero-order valence-corrected chi connectivity index (χ0v) is 18.6. The van der Waals surface area contributed by atoms with Gasteiger partial charge in [0.25, 0.3) is 0 Å². The number of ether oxygens (including phenoxy) is 2. The predicted molar refractivity (Wildman–Crippen MR) is 116 cm³/mol. The minimum absolute atomic E-state index is 0.175. The van der Waals surface area contributed by atoms with E-state index in [-0.39, 0.29) is 13.3 Å². The third-order valence-electron chi connectivity index (χ3n) is 5.98. The molecule has 2 aromatic heterocycles. The van der Waals surface area contributed by atoms with E-state index in [0.29, 0.717) is 40.0 Å². The Balaban J connectivity index is 1.33. The molecule has 1 fully saturated rings. The van der Waals surface area contributed by atoms with Crippen LogP contribution in [0, 0.1) is 13.8 Å². The van der Waals surface area contributed by atoms with Crippen LogP contribution in [-0.2, 0) is 22.7 Å². The molecule has 0 atom stereocenters. The Labute approximate surface area is 194 Å². The number of fused-ring (bicyclic) bond motifs is 1. The summed E-state index contributed by atoms with van der Waals surface area (Å²) in [7, 11) is 0. The number of benzene rings is 1. The van der Waals surface area contributed by atoms with E-state index in [9.17, 15) is 19.2 Å².